The van der Waals surface area contributed by atoms with Gasteiger partial charge >= 0.3 is 0 Å². The molecule has 0 aromatic rings. The molecule has 1 atom stereocenters. The van der Waals surface area contributed by atoms with Gasteiger partial charge in [0, 0.05) is 7.05 Å². The van der Waals surface area contributed by atoms with Crippen LogP contribution in [0.15, 0.2) is 12.7 Å². The second-order valence-electron chi connectivity index (χ2n) is 1.91. The fourth-order valence-corrected chi connectivity index (χ4v) is 0.144. The summed E-state index contributed by atoms with van der Waals surface area (Å²) < 4.78 is 0. The summed E-state index contributed by atoms with van der Waals surface area (Å²) in [4.78, 5) is 0. The number of hydrazine groups is 1. The Labute approximate surface area is 49.4 Å². The lowest BCUT2D eigenvalue weighted by Crippen LogP contribution is -2.46. The van der Waals surface area contributed by atoms with E-state index in [1.807, 2.05) is 0 Å². The molecule has 1 unspecified atom stereocenters. The van der Waals surface area contributed by atoms with E-state index in [0.29, 0.717) is 0 Å². The third-order valence-corrected chi connectivity index (χ3v) is 1.10. The predicted octanol–water partition coefficient (Wildman–Crippen LogP) is -0.314. The maximum absolute atomic E-state index is 9.08. The fourth-order valence-electron chi connectivity index (χ4n) is 0.144. The Morgan fingerprint density at radius 1 is 1.88 bits per heavy atom. The molecule has 0 fully saturated rings. The summed E-state index contributed by atoms with van der Waals surface area (Å²) >= 11 is 0. The molecule has 0 aliphatic carbocycles. The van der Waals surface area contributed by atoms with Gasteiger partial charge in [0.15, 0.2) is 0 Å². The van der Waals surface area contributed by atoms with Gasteiger partial charge in [0.1, 0.15) is 5.72 Å². The van der Waals surface area contributed by atoms with Crippen molar-refractivity contribution < 1.29 is 5.11 Å². The zero-order valence-electron chi connectivity index (χ0n) is 5.26. The molecule has 3 N–H and O–H groups in total. The summed E-state index contributed by atoms with van der Waals surface area (Å²) in [6.45, 7) is 4.94. The molecule has 0 aliphatic heterocycles. The van der Waals surface area contributed by atoms with Crippen LogP contribution in [0.1, 0.15) is 6.92 Å². The van der Waals surface area contributed by atoms with Crippen LogP contribution in [0.2, 0.25) is 0 Å². The Morgan fingerprint density at radius 2 is 2.25 bits per heavy atom. The van der Waals surface area contributed by atoms with Crippen LogP contribution in [-0.2, 0) is 0 Å². The van der Waals surface area contributed by atoms with E-state index in [2.05, 4.69) is 6.58 Å². The van der Waals surface area contributed by atoms with E-state index < -0.39 is 5.72 Å². The smallest absolute Gasteiger partial charge is 0.146 e. The summed E-state index contributed by atoms with van der Waals surface area (Å²) in [5.74, 6) is 5.19. The molecule has 0 rings (SSSR count). The van der Waals surface area contributed by atoms with E-state index in [0.717, 1.165) is 0 Å². The Kier molecular flexibility index (Phi) is 2.15. The first-order valence-electron chi connectivity index (χ1n) is 2.35. The molecule has 0 saturated carbocycles. The van der Waals surface area contributed by atoms with Crippen LogP contribution in [0.25, 0.3) is 0 Å². The number of aliphatic hydroxyl groups is 1. The minimum absolute atomic E-state index is 1.08. The van der Waals surface area contributed by atoms with Gasteiger partial charge in [-0.2, -0.15) is 0 Å². The minimum atomic E-state index is -1.08. The Bertz CT molecular complexity index is 88.4. The summed E-state index contributed by atoms with van der Waals surface area (Å²) in [5, 5.41) is 10.3. The Hall–Kier alpha value is -0.380. The van der Waals surface area contributed by atoms with Crippen molar-refractivity contribution in [2.45, 2.75) is 12.6 Å². The molecule has 8 heavy (non-hydrogen) atoms. The first kappa shape index (κ1) is 7.62. The zero-order chi connectivity index (χ0) is 6.78. The molecule has 0 amide bonds. The van der Waals surface area contributed by atoms with Gasteiger partial charge in [0.2, 0.25) is 0 Å². The second-order valence-corrected chi connectivity index (χ2v) is 1.91. The van der Waals surface area contributed by atoms with E-state index in [9.17, 15) is 0 Å². The molecular weight excluding hydrogens is 104 g/mol. The molecule has 0 bridgehead atoms. The average molecular weight is 116 g/mol. The van der Waals surface area contributed by atoms with E-state index in [-0.39, 0.29) is 0 Å². The quantitative estimate of drug-likeness (QED) is 0.225. The first-order chi connectivity index (χ1) is 3.50. The lowest BCUT2D eigenvalue weighted by molar-refractivity contribution is -0.0371. The maximum Gasteiger partial charge on any atom is 0.146 e. The third-order valence-electron chi connectivity index (χ3n) is 1.10. The molecule has 0 radical (unpaired) electrons. The van der Waals surface area contributed by atoms with Gasteiger partial charge < -0.3 is 5.11 Å². The highest BCUT2D eigenvalue weighted by Gasteiger charge is 2.17. The summed E-state index contributed by atoms with van der Waals surface area (Å²) in [7, 11) is 1.57. The van der Waals surface area contributed by atoms with Crippen molar-refractivity contribution in [3.8, 4) is 0 Å². The maximum atomic E-state index is 9.08. The van der Waals surface area contributed by atoms with Crippen molar-refractivity contribution in [1.82, 2.24) is 5.01 Å². The van der Waals surface area contributed by atoms with Crippen LogP contribution in [-0.4, -0.2) is 22.9 Å². The number of likely N-dealkylation sites (N-methyl/N-ethyl adjacent to an activating group) is 1. The predicted molar refractivity (Wildman–Crippen MR) is 32.8 cm³/mol. The number of rotatable bonds is 2. The standard InChI is InChI=1S/C5H12N2O/c1-4-5(2,8)7(3)6/h4,8H,1,6H2,2-3H3. The van der Waals surface area contributed by atoms with E-state index in [4.69, 9.17) is 10.9 Å². The van der Waals surface area contributed by atoms with E-state index >= 15 is 0 Å². The Morgan fingerprint density at radius 3 is 2.25 bits per heavy atom. The normalized spacial score (nSPS) is 18.1. The van der Waals surface area contributed by atoms with Crippen LogP contribution in [0.5, 0.6) is 0 Å². The van der Waals surface area contributed by atoms with Crippen LogP contribution < -0.4 is 5.84 Å². The van der Waals surface area contributed by atoms with Crippen LogP contribution in [0, 0.1) is 0 Å². The monoisotopic (exact) mass is 116 g/mol. The van der Waals surface area contributed by atoms with Crippen molar-refractivity contribution >= 4 is 0 Å². The van der Waals surface area contributed by atoms with Gasteiger partial charge in [-0.1, -0.05) is 6.58 Å². The average Bonchev–Trinajstić information content (AvgIpc) is 1.67. The Balaban J connectivity index is 3.90. The van der Waals surface area contributed by atoms with Crippen LogP contribution in [0.3, 0.4) is 0 Å². The highest BCUT2D eigenvalue weighted by molar-refractivity contribution is 4.87. The fraction of sp³-hybridized carbons (Fsp3) is 0.600. The first-order valence-corrected chi connectivity index (χ1v) is 2.35. The van der Waals surface area contributed by atoms with Gasteiger partial charge in [0.25, 0.3) is 0 Å². The second kappa shape index (κ2) is 2.26. The lowest BCUT2D eigenvalue weighted by atomic mass is 10.3. The van der Waals surface area contributed by atoms with Crippen molar-refractivity contribution in [3.05, 3.63) is 12.7 Å². The highest BCUT2D eigenvalue weighted by Crippen LogP contribution is 2.03. The third kappa shape index (κ3) is 1.61. The van der Waals surface area contributed by atoms with E-state index in [1.165, 1.54) is 11.1 Å². The largest absolute Gasteiger partial charge is 0.371 e. The number of nitrogens with zero attached hydrogens (tertiary/aromatic N) is 1. The van der Waals surface area contributed by atoms with Gasteiger partial charge in [-0.05, 0) is 13.0 Å². The molecular formula is C5H12N2O. The minimum Gasteiger partial charge on any atom is -0.371 e. The zero-order valence-corrected chi connectivity index (χ0v) is 5.26. The molecule has 3 nitrogen and oxygen atoms in total. The summed E-state index contributed by atoms with van der Waals surface area (Å²) in [6.07, 6.45) is 1.37. The topological polar surface area (TPSA) is 49.5 Å². The SMILES string of the molecule is C=CC(C)(O)N(C)N. The molecule has 0 heterocycles. The number of hydrogen-bond acceptors (Lipinski definition) is 3. The molecule has 0 aromatic heterocycles. The van der Waals surface area contributed by atoms with Gasteiger partial charge in [-0.3, -0.25) is 5.84 Å². The van der Waals surface area contributed by atoms with E-state index in [1.54, 1.807) is 14.0 Å². The van der Waals surface area contributed by atoms with Crippen LogP contribution in [0.4, 0.5) is 0 Å². The summed E-state index contributed by atoms with van der Waals surface area (Å²) in [6, 6.07) is 0. The van der Waals surface area contributed by atoms with Crippen molar-refractivity contribution in [3.63, 3.8) is 0 Å². The molecule has 0 spiro atoms. The van der Waals surface area contributed by atoms with Gasteiger partial charge in [-0.15, -0.1) is 0 Å². The molecule has 48 valence electrons. The van der Waals surface area contributed by atoms with Crippen molar-refractivity contribution in [2.75, 3.05) is 7.05 Å². The van der Waals surface area contributed by atoms with Crippen molar-refractivity contribution in [1.29, 1.82) is 0 Å². The van der Waals surface area contributed by atoms with Crippen molar-refractivity contribution in [2.24, 2.45) is 5.84 Å². The molecule has 0 saturated heterocycles. The van der Waals surface area contributed by atoms with Gasteiger partial charge in [-0.25, -0.2) is 5.01 Å². The number of nitrogens with two attached hydrogens (primary N) is 1. The lowest BCUT2D eigenvalue weighted by Gasteiger charge is -2.25. The summed E-state index contributed by atoms with van der Waals surface area (Å²) in [5.41, 5.74) is -1.08. The molecule has 0 aliphatic rings. The molecule has 0 aromatic carbocycles. The highest BCUT2D eigenvalue weighted by atomic mass is 16.3. The van der Waals surface area contributed by atoms with Gasteiger partial charge in [0.05, 0.1) is 0 Å². The molecule has 3 heteroatoms. The van der Waals surface area contributed by atoms with Crippen LogP contribution >= 0.6 is 0 Å². The number of hydrogen-bond donors (Lipinski definition) is 2.